The van der Waals surface area contributed by atoms with Gasteiger partial charge in [-0.1, -0.05) is 39.1 Å². The van der Waals surface area contributed by atoms with Crippen molar-refractivity contribution < 1.29 is 18.0 Å². The van der Waals surface area contributed by atoms with Crippen LogP contribution in [0.2, 0.25) is 10.0 Å². The first-order chi connectivity index (χ1) is 9.79. The summed E-state index contributed by atoms with van der Waals surface area (Å²) in [5, 5.41) is 2.58. The molecule has 2 aromatic rings. The molecule has 8 heteroatoms. The van der Waals surface area contributed by atoms with Crippen molar-refractivity contribution in [3.05, 3.63) is 61.8 Å². The molecule has 2 nitrogen and oxygen atoms in total. The van der Waals surface area contributed by atoms with E-state index in [2.05, 4.69) is 21.2 Å². The van der Waals surface area contributed by atoms with E-state index in [1.165, 1.54) is 12.1 Å². The molecule has 0 aromatic heterocycles. The Kier molecular flexibility index (Phi) is 4.81. The van der Waals surface area contributed by atoms with Gasteiger partial charge in [-0.05, 0) is 24.3 Å². The number of carbonyl (C=O) groups is 1. The molecule has 0 saturated heterocycles. The lowest BCUT2D eigenvalue weighted by Gasteiger charge is -2.10. The Labute approximate surface area is 136 Å². The number of benzene rings is 2. The smallest absolute Gasteiger partial charge is 0.255 e. The van der Waals surface area contributed by atoms with E-state index >= 15 is 0 Å². The second kappa shape index (κ2) is 6.25. The molecule has 2 aromatic carbocycles. The molecule has 0 atom stereocenters. The molecular formula is C13H5BrCl2F3NO. The van der Waals surface area contributed by atoms with Crippen molar-refractivity contribution >= 4 is 50.7 Å². The minimum Gasteiger partial charge on any atom is -0.319 e. The van der Waals surface area contributed by atoms with Gasteiger partial charge in [-0.15, -0.1) is 0 Å². The highest BCUT2D eigenvalue weighted by atomic mass is 79.9. The largest absolute Gasteiger partial charge is 0.319 e. The molecule has 1 N–H and O–H groups in total. The van der Waals surface area contributed by atoms with Crippen molar-refractivity contribution in [3.8, 4) is 0 Å². The summed E-state index contributed by atoms with van der Waals surface area (Å²) in [6.45, 7) is 0. The summed E-state index contributed by atoms with van der Waals surface area (Å²) in [5.74, 6) is -5.45. The van der Waals surface area contributed by atoms with Gasteiger partial charge in [-0.2, -0.15) is 0 Å². The monoisotopic (exact) mass is 397 g/mol. The molecule has 0 radical (unpaired) electrons. The lowest BCUT2D eigenvalue weighted by atomic mass is 10.2. The van der Waals surface area contributed by atoms with Crippen molar-refractivity contribution in [3.63, 3.8) is 0 Å². The summed E-state index contributed by atoms with van der Waals surface area (Å²) >= 11 is 15.0. The Morgan fingerprint density at radius 1 is 1.00 bits per heavy atom. The minimum atomic E-state index is -1.65. The number of hydrogen-bond donors (Lipinski definition) is 1. The summed E-state index contributed by atoms with van der Waals surface area (Å²) in [6.07, 6.45) is 0. The van der Waals surface area contributed by atoms with Crippen LogP contribution in [0, 0.1) is 17.5 Å². The van der Waals surface area contributed by atoms with Crippen molar-refractivity contribution in [2.24, 2.45) is 0 Å². The Hall–Kier alpha value is -1.24. The second-order valence-corrected chi connectivity index (χ2v) is 5.68. The molecule has 0 unspecified atom stereocenters. The Morgan fingerprint density at radius 3 is 1.95 bits per heavy atom. The van der Waals surface area contributed by atoms with Gasteiger partial charge in [-0.25, -0.2) is 13.2 Å². The fraction of sp³-hybridized carbons (Fsp3) is 0. The van der Waals surface area contributed by atoms with E-state index in [0.717, 1.165) is 0 Å². The number of carbonyl (C=O) groups excluding carboxylic acids is 1. The van der Waals surface area contributed by atoms with Crippen LogP contribution in [0.3, 0.4) is 0 Å². The van der Waals surface area contributed by atoms with Crippen LogP contribution in [0.1, 0.15) is 10.4 Å². The first-order valence-electron chi connectivity index (χ1n) is 5.40. The Bertz CT molecular complexity index is 693. The van der Waals surface area contributed by atoms with Gasteiger partial charge < -0.3 is 5.32 Å². The van der Waals surface area contributed by atoms with Crippen LogP contribution in [0.15, 0.2) is 28.7 Å². The van der Waals surface area contributed by atoms with E-state index < -0.39 is 28.9 Å². The van der Waals surface area contributed by atoms with E-state index in [1.54, 1.807) is 0 Å². The van der Waals surface area contributed by atoms with Crippen LogP contribution >= 0.6 is 39.1 Å². The predicted octanol–water partition coefficient (Wildman–Crippen LogP) is 5.43. The maximum Gasteiger partial charge on any atom is 0.255 e. The van der Waals surface area contributed by atoms with Crippen LogP contribution in [-0.2, 0) is 0 Å². The molecule has 110 valence electrons. The highest BCUT2D eigenvalue weighted by Gasteiger charge is 2.17. The van der Waals surface area contributed by atoms with Gasteiger partial charge in [0.15, 0.2) is 17.5 Å². The second-order valence-electron chi connectivity index (χ2n) is 3.95. The molecular weight excluding hydrogens is 394 g/mol. The summed E-state index contributed by atoms with van der Waals surface area (Å²) in [7, 11) is 0. The van der Waals surface area contributed by atoms with Gasteiger partial charge >= 0.3 is 0 Å². The van der Waals surface area contributed by atoms with E-state index in [1.807, 2.05) is 0 Å². The molecule has 1 amide bonds. The average Bonchev–Trinajstić information content (AvgIpc) is 2.39. The zero-order valence-corrected chi connectivity index (χ0v) is 13.1. The summed E-state index contributed by atoms with van der Waals surface area (Å²) in [5.41, 5.74) is -0.321. The number of nitrogens with one attached hydrogen (secondary N) is 1. The highest BCUT2D eigenvalue weighted by molar-refractivity contribution is 9.10. The van der Waals surface area contributed by atoms with Gasteiger partial charge in [0, 0.05) is 10.0 Å². The molecule has 0 fully saturated rings. The SMILES string of the molecule is O=C(Nc1c(Cl)cc(Br)cc1Cl)c1cc(F)c(F)c(F)c1. The van der Waals surface area contributed by atoms with Crippen molar-refractivity contribution in [1.29, 1.82) is 0 Å². The minimum absolute atomic E-state index is 0.0803. The van der Waals surface area contributed by atoms with Gasteiger partial charge in [0.05, 0.1) is 15.7 Å². The third-order valence-corrected chi connectivity index (χ3v) is 3.55. The topological polar surface area (TPSA) is 29.1 Å². The number of hydrogen-bond acceptors (Lipinski definition) is 1. The molecule has 0 saturated carbocycles. The molecule has 0 aliphatic carbocycles. The molecule has 0 bridgehead atoms. The highest BCUT2D eigenvalue weighted by Crippen LogP contribution is 2.34. The number of amides is 1. The van der Waals surface area contributed by atoms with E-state index in [4.69, 9.17) is 23.2 Å². The lowest BCUT2D eigenvalue weighted by molar-refractivity contribution is 0.102. The maximum atomic E-state index is 13.1. The van der Waals surface area contributed by atoms with Crippen LogP contribution in [0.4, 0.5) is 18.9 Å². The molecule has 0 aliphatic rings. The zero-order chi connectivity index (χ0) is 15.7. The molecule has 0 heterocycles. The molecule has 2 rings (SSSR count). The predicted molar refractivity (Wildman–Crippen MR) is 78.4 cm³/mol. The van der Waals surface area contributed by atoms with E-state index in [0.29, 0.717) is 16.6 Å². The summed E-state index contributed by atoms with van der Waals surface area (Å²) in [6, 6.07) is 4.12. The molecule has 21 heavy (non-hydrogen) atoms. The Morgan fingerprint density at radius 2 is 1.48 bits per heavy atom. The van der Waals surface area contributed by atoms with Gasteiger partial charge in [0.2, 0.25) is 0 Å². The number of anilines is 1. The van der Waals surface area contributed by atoms with Crippen LogP contribution in [0.5, 0.6) is 0 Å². The number of rotatable bonds is 2. The van der Waals surface area contributed by atoms with Gasteiger partial charge in [0.25, 0.3) is 5.91 Å². The third kappa shape index (κ3) is 3.51. The summed E-state index contributed by atoms with van der Waals surface area (Å²) in [4.78, 5) is 11.9. The zero-order valence-electron chi connectivity index (χ0n) is 9.99. The third-order valence-electron chi connectivity index (χ3n) is 2.49. The normalized spacial score (nSPS) is 10.6. The standard InChI is InChI=1S/C13H5BrCl2F3NO/c14-6-3-7(15)12(8(16)4-6)20-13(21)5-1-9(17)11(19)10(18)2-5/h1-4H,(H,20,21). The van der Waals surface area contributed by atoms with Gasteiger partial charge in [0.1, 0.15) is 0 Å². The Balaban J connectivity index is 2.35. The average molecular weight is 399 g/mol. The fourth-order valence-electron chi connectivity index (χ4n) is 1.53. The fourth-order valence-corrected chi connectivity index (χ4v) is 2.84. The quantitative estimate of drug-likeness (QED) is 0.672. The van der Waals surface area contributed by atoms with Crippen LogP contribution in [-0.4, -0.2) is 5.91 Å². The summed E-state index contributed by atoms with van der Waals surface area (Å²) < 4.78 is 39.6. The molecule has 0 aliphatic heterocycles. The van der Waals surface area contributed by atoms with Gasteiger partial charge in [-0.3, -0.25) is 4.79 Å². The van der Waals surface area contributed by atoms with Crippen LogP contribution < -0.4 is 5.32 Å². The first kappa shape index (κ1) is 16.1. The maximum absolute atomic E-state index is 13.1. The van der Waals surface area contributed by atoms with Crippen molar-refractivity contribution in [1.82, 2.24) is 0 Å². The van der Waals surface area contributed by atoms with Crippen LogP contribution in [0.25, 0.3) is 0 Å². The lowest BCUT2D eigenvalue weighted by Crippen LogP contribution is -2.14. The first-order valence-corrected chi connectivity index (χ1v) is 6.95. The van der Waals surface area contributed by atoms with E-state index in [9.17, 15) is 18.0 Å². The molecule has 0 spiro atoms. The van der Waals surface area contributed by atoms with Crippen molar-refractivity contribution in [2.45, 2.75) is 0 Å². The number of halogens is 6. The van der Waals surface area contributed by atoms with E-state index in [-0.39, 0.29) is 15.7 Å². The van der Waals surface area contributed by atoms with Crippen molar-refractivity contribution in [2.75, 3.05) is 5.32 Å².